The second-order valence-electron chi connectivity index (χ2n) is 6.46. The maximum absolute atomic E-state index is 12.4. The molecule has 1 N–H and O–H groups in total. The number of hydrazone groups is 1. The van der Waals surface area contributed by atoms with E-state index < -0.39 is 26.1 Å². The van der Waals surface area contributed by atoms with Crippen LogP contribution in [0.3, 0.4) is 0 Å². The van der Waals surface area contributed by atoms with Gasteiger partial charge in [0, 0.05) is 17.5 Å². The Hall–Kier alpha value is -2.59. The van der Waals surface area contributed by atoms with Crippen molar-refractivity contribution in [1.82, 2.24) is 4.41 Å². The minimum Gasteiger partial charge on any atom is -0.496 e. The summed E-state index contributed by atoms with van der Waals surface area (Å²) in [6, 6.07) is 13.2. The lowest BCUT2D eigenvalue weighted by Gasteiger charge is -2.23. The first-order valence-corrected chi connectivity index (χ1v) is 12.1. The number of hydrogen-bond acceptors (Lipinski definition) is 6. The summed E-state index contributed by atoms with van der Waals surface area (Å²) >= 11 is 0. The zero-order chi connectivity index (χ0) is 20.5. The molecule has 0 aromatic heterocycles. The summed E-state index contributed by atoms with van der Waals surface area (Å²) in [5.41, 5.74) is 2.07. The van der Waals surface area contributed by atoms with Crippen LogP contribution < -0.4 is 9.46 Å². The topological polar surface area (TPSA) is 105 Å². The van der Waals surface area contributed by atoms with Crippen LogP contribution in [0, 0.1) is 0 Å². The molecule has 10 heteroatoms. The molecule has 2 aromatic carbocycles. The maximum atomic E-state index is 12.4. The molecule has 0 spiro atoms. The van der Waals surface area contributed by atoms with Crippen molar-refractivity contribution in [3.63, 3.8) is 0 Å². The van der Waals surface area contributed by atoms with E-state index >= 15 is 0 Å². The van der Waals surface area contributed by atoms with Crippen LogP contribution in [0.15, 0.2) is 53.6 Å². The van der Waals surface area contributed by atoms with Gasteiger partial charge in [-0.05, 0) is 18.2 Å². The largest absolute Gasteiger partial charge is 0.496 e. The Bertz CT molecular complexity index is 1130. The summed E-state index contributed by atoms with van der Waals surface area (Å²) in [6.45, 7) is 0. The normalized spacial score (nSPS) is 17.3. The highest BCUT2D eigenvalue weighted by atomic mass is 32.2. The van der Waals surface area contributed by atoms with Gasteiger partial charge in [0.2, 0.25) is 20.0 Å². The van der Waals surface area contributed by atoms with Crippen molar-refractivity contribution in [1.29, 1.82) is 0 Å². The first kappa shape index (κ1) is 20.2. The number of hydrogen-bond donors (Lipinski definition) is 1. The Morgan fingerprint density at radius 2 is 1.68 bits per heavy atom. The van der Waals surface area contributed by atoms with E-state index in [1.165, 1.54) is 7.11 Å². The third kappa shape index (κ3) is 4.28. The third-order valence-electron chi connectivity index (χ3n) is 4.25. The first-order chi connectivity index (χ1) is 13.1. The molecule has 0 saturated carbocycles. The smallest absolute Gasteiger partial charge is 0.247 e. The molecule has 0 amide bonds. The van der Waals surface area contributed by atoms with Gasteiger partial charge < -0.3 is 4.74 Å². The van der Waals surface area contributed by atoms with Crippen LogP contribution in [0.5, 0.6) is 5.75 Å². The Morgan fingerprint density at radius 3 is 2.32 bits per heavy atom. The van der Waals surface area contributed by atoms with Crippen molar-refractivity contribution in [2.45, 2.75) is 12.5 Å². The number of nitrogens with one attached hydrogen (secondary N) is 1. The zero-order valence-electron chi connectivity index (χ0n) is 15.7. The summed E-state index contributed by atoms with van der Waals surface area (Å²) in [5.74, 6) is 0.581. The van der Waals surface area contributed by atoms with Crippen molar-refractivity contribution < 1.29 is 21.6 Å². The number of rotatable bonds is 6. The number of sulfonamides is 2. The molecule has 1 atom stereocenters. The van der Waals surface area contributed by atoms with Crippen molar-refractivity contribution in [2.75, 3.05) is 24.3 Å². The molecule has 0 saturated heterocycles. The van der Waals surface area contributed by atoms with Crippen LogP contribution in [0.4, 0.5) is 5.69 Å². The molecular formula is C18H21N3O5S2. The summed E-state index contributed by atoms with van der Waals surface area (Å²) in [6.07, 6.45) is 2.39. The number of para-hydroxylation sites is 2. The van der Waals surface area contributed by atoms with E-state index in [9.17, 15) is 16.8 Å². The minimum absolute atomic E-state index is 0.274. The first-order valence-electron chi connectivity index (χ1n) is 8.37. The van der Waals surface area contributed by atoms with Gasteiger partial charge in [0.05, 0.1) is 37.1 Å². The van der Waals surface area contributed by atoms with Gasteiger partial charge in [0.1, 0.15) is 5.75 Å². The van der Waals surface area contributed by atoms with Crippen LogP contribution in [0.25, 0.3) is 0 Å². The van der Waals surface area contributed by atoms with Crippen molar-refractivity contribution in [3.05, 3.63) is 59.7 Å². The fourth-order valence-electron chi connectivity index (χ4n) is 3.15. The van der Waals surface area contributed by atoms with Crippen molar-refractivity contribution >= 4 is 31.4 Å². The molecule has 0 fully saturated rings. The van der Waals surface area contributed by atoms with Crippen LogP contribution in [0.1, 0.15) is 23.6 Å². The van der Waals surface area contributed by atoms with Crippen LogP contribution in [-0.2, 0) is 20.0 Å². The van der Waals surface area contributed by atoms with Gasteiger partial charge in [0.25, 0.3) is 0 Å². The second-order valence-corrected chi connectivity index (χ2v) is 10.1. The second kappa shape index (κ2) is 7.44. The Labute approximate surface area is 164 Å². The summed E-state index contributed by atoms with van der Waals surface area (Å²) in [4.78, 5) is 0. The number of benzene rings is 2. The lowest BCUT2D eigenvalue weighted by Crippen LogP contribution is -2.27. The molecule has 1 aliphatic heterocycles. The summed E-state index contributed by atoms with van der Waals surface area (Å²) in [5, 5.41) is 4.34. The number of anilines is 1. The Kier molecular flexibility index (Phi) is 5.35. The van der Waals surface area contributed by atoms with E-state index in [4.69, 9.17) is 4.74 Å². The molecule has 1 heterocycles. The molecule has 0 aliphatic carbocycles. The van der Waals surface area contributed by atoms with Crippen LogP contribution in [0.2, 0.25) is 0 Å². The zero-order valence-corrected chi connectivity index (χ0v) is 17.3. The van der Waals surface area contributed by atoms with Gasteiger partial charge >= 0.3 is 0 Å². The minimum atomic E-state index is -3.69. The van der Waals surface area contributed by atoms with E-state index in [0.29, 0.717) is 28.3 Å². The lowest BCUT2D eigenvalue weighted by molar-refractivity contribution is 0.375. The fraction of sp³-hybridized carbons (Fsp3) is 0.278. The van der Waals surface area contributed by atoms with Crippen molar-refractivity contribution in [3.8, 4) is 5.75 Å². The van der Waals surface area contributed by atoms with E-state index in [1.54, 1.807) is 36.4 Å². The average Bonchev–Trinajstić information content (AvgIpc) is 3.06. The molecule has 0 radical (unpaired) electrons. The van der Waals surface area contributed by atoms with E-state index in [0.717, 1.165) is 16.9 Å². The average molecular weight is 424 g/mol. The lowest BCUT2D eigenvalue weighted by atomic mass is 9.97. The molecule has 0 bridgehead atoms. The monoisotopic (exact) mass is 423 g/mol. The number of nitrogens with zero attached hydrogens (tertiary/aromatic N) is 2. The highest BCUT2D eigenvalue weighted by Crippen LogP contribution is 2.39. The molecule has 150 valence electrons. The number of methoxy groups -OCH3 is 1. The quantitative estimate of drug-likeness (QED) is 0.767. The van der Waals surface area contributed by atoms with Gasteiger partial charge in [-0.15, -0.1) is 0 Å². The molecule has 8 nitrogen and oxygen atoms in total. The predicted octanol–water partition coefficient (Wildman–Crippen LogP) is 2.18. The van der Waals surface area contributed by atoms with E-state index in [2.05, 4.69) is 9.82 Å². The SMILES string of the molecule is COc1ccccc1C1=NN(S(C)(=O)=O)[C@H](c2ccccc2NS(C)(=O)=O)C1. The molecule has 2 aromatic rings. The van der Waals surface area contributed by atoms with Crippen LogP contribution >= 0.6 is 0 Å². The van der Waals surface area contributed by atoms with Gasteiger partial charge in [-0.25, -0.2) is 16.8 Å². The summed E-state index contributed by atoms with van der Waals surface area (Å²) < 4.78 is 57.1. The molecule has 1 aliphatic rings. The van der Waals surface area contributed by atoms with Gasteiger partial charge in [-0.1, -0.05) is 30.3 Å². The molecule has 3 rings (SSSR count). The molecule has 28 heavy (non-hydrogen) atoms. The highest BCUT2D eigenvalue weighted by Gasteiger charge is 2.36. The fourth-order valence-corrected chi connectivity index (χ4v) is 4.63. The van der Waals surface area contributed by atoms with Gasteiger partial charge in [0.15, 0.2) is 0 Å². The van der Waals surface area contributed by atoms with Crippen LogP contribution in [-0.4, -0.2) is 46.6 Å². The van der Waals surface area contributed by atoms with E-state index in [-0.39, 0.29) is 6.42 Å². The van der Waals surface area contributed by atoms with Crippen molar-refractivity contribution in [2.24, 2.45) is 5.10 Å². The van der Waals surface area contributed by atoms with Gasteiger partial charge in [-0.2, -0.15) is 9.52 Å². The maximum Gasteiger partial charge on any atom is 0.247 e. The third-order valence-corrected chi connectivity index (χ3v) is 5.85. The number of ether oxygens (including phenoxy) is 1. The standard InChI is InChI=1S/C18H21N3O5S2/c1-26-18-11-7-5-9-14(18)16-12-17(21(19-16)28(3,24)25)13-8-4-6-10-15(13)20-27(2,22)23/h4-11,17,20H,12H2,1-3H3/t17-/m0/s1. The summed E-state index contributed by atoms with van der Waals surface area (Å²) in [7, 11) is -5.69. The molecular weight excluding hydrogens is 402 g/mol. The van der Waals surface area contributed by atoms with Gasteiger partial charge in [-0.3, -0.25) is 4.72 Å². The predicted molar refractivity (Wildman–Crippen MR) is 108 cm³/mol. The Morgan fingerprint density at radius 1 is 1.04 bits per heavy atom. The Balaban J connectivity index is 2.09. The highest BCUT2D eigenvalue weighted by molar-refractivity contribution is 7.92. The molecule has 0 unspecified atom stereocenters. The van der Waals surface area contributed by atoms with E-state index in [1.807, 2.05) is 12.1 Å².